The maximum absolute atomic E-state index is 12.2. The van der Waals surface area contributed by atoms with Crippen LogP contribution >= 0.6 is 12.2 Å². The molecule has 0 radical (unpaired) electrons. The number of nitrogens with two attached hydrogens (primary N) is 3. The van der Waals surface area contributed by atoms with Crippen molar-refractivity contribution in [1.29, 1.82) is 0 Å². The highest BCUT2D eigenvalue weighted by Gasteiger charge is 1.97. The summed E-state index contributed by atoms with van der Waals surface area (Å²) in [7, 11) is 0. The molecule has 0 aliphatic carbocycles. The minimum Gasteiger partial charge on any atom is -0.377 e. The van der Waals surface area contributed by atoms with Gasteiger partial charge in [-0.3, -0.25) is 4.79 Å². The minimum atomic E-state index is -0.542. The van der Waals surface area contributed by atoms with Gasteiger partial charge in [-0.2, -0.15) is 0 Å². The summed E-state index contributed by atoms with van der Waals surface area (Å²) in [4.78, 5) is 10.4. The average Bonchev–Trinajstić information content (AvgIpc) is 2.03. The third-order valence-corrected chi connectivity index (χ3v) is 1.13. The first-order valence-electron chi connectivity index (χ1n) is 3.53. The van der Waals surface area contributed by atoms with Gasteiger partial charge in [0.2, 0.25) is 5.91 Å². The second-order valence-electron chi connectivity index (χ2n) is 2.27. The van der Waals surface area contributed by atoms with Gasteiger partial charge >= 0.3 is 0 Å². The van der Waals surface area contributed by atoms with Gasteiger partial charge in [-0.1, -0.05) is 0 Å². The van der Waals surface area contributed by atoms with Crippen LogP contribution in [0.25, 0.3) is 0 Å². The number of carbonyl (C=O) groups is 1. The Morgan fingerprint density at radius 3 is 1.79 bits per heavy atom. The van der Waals surface area contributed by atoms with Gasteiger partial charge in [-0.15, -0.1) is 0 Å². The Morgan fingerprint density at radius 1 is 1.14 bits per heavy atom. The summed E-state index contributed by atoms with van der Waals surface area (Å²) >= 11 is 4.09. The maximum atomic E-state index is 12.2. The largest absolute Gasteiger partial charge is 0.377 e. The summed E-state index contributed by atoms with van der Waals surface area (Å²) in [6.07, 6.45) is 0. The second kappa shape index (κ2) is 5.87. The van der Waals surface area contributed by atoms with Gasteiger partial charge in [0.15, 0.2) is 5.11 Å². The molecule has 0 atom stereocenters. The smallest absolute Gasteiger partial charge is 0.248 e. The Bertz CT molecular complexity index is 322. The number of primary amides is 1. The topological polar surface area (TPSA) is 95.1 Å². The molecule has 14 heavy (non-hydrogen) atoms. The lowest BCUT2D eigenvalue weighted by molar-refractivity contribution is 0.100. The molecule has 0 aliphatic heterocycles. The highest BCUT2D eigenvalue weighted by molar-refractivity contribution is 7.80. The van der Waals surface area contributed by atoms with Crippen molar-refractivity contribution in [1.82, 2.24) is 0 Å². The first-order chi connectivity index (χ1) is 6.43. The first kappa shape index (κ1) is 12.3. The van der Waals surface area contributed by atoms with Gasteiger partial charge in [0, 0.05) is 5.56 Å². The molecule has 1 aromatic rings. The average molecular weight is 215 g/mol. The predicted molar refractivity (Wildman–Crippen MR) is 55.9 cm³/mol. The van der Waals surface area contributed by atoms with Crippen LogP contribution in [0.1, 0.15) is 10.4 Å². The van der Waals surface area contributed by atoms with Crippen LogP contribution in [-0.4, -0.2) is 11.0 Å². The predicted octanol–water partition coefficient (Wildman–Crippen LogP) is 0.113. The van der Waals surface area contributed by atoms with E-state index in [1.54, 1.807) is 0 Å². The Labute approximate surface area is 85.9 Å². The van der Waals surface area contributed by atoms with E-state index in [1.807, 2.05) is 0 Å². The highest BCUT2D eigenvalue weighted by atomic mass is 32.1. The SMILES string of the molecule is NC(=O)c1ccc(F)cc1.NC(N)=S. The molecule has 0 bridgehead atoms. The highest BCUT2D eigenvalue weighted by Crippen LogP contribution is 2.00. The summed E-state index contributed by atoms with van der Waals surface area (Å²) in [5, 5.41) is 0.000000000000000222. The van der Waals surface area contributed by atoms with Crippen molar-refractivity contribution in [3.05, 3.63) is 35.6 Å². The summed E-state index contributed by atoms with van der Waals surface area (Å²) in [6, 6.07) is 5.08. The molecule has 0 saturated heterocycles. The van der Waals surface area contributed by atoms with Crippen molar-refractivity contribution in [3.8, 4) is 0 Å². The molecular formula is C8H10FN3OS. The maximum Gasteiger partial charge on any atom is 0.248 e. The summed E-state index contributed by atoms with van der Waals surface area (Å²) in [5.41, 5.74) is 14.5. The van der Waals surface area contributed by atoms with Crippen LogP contribution in [0, 0.1) is 5.82 Å². The first-order valence-corrected chi connectivity index (χ1v) is 3.94. The van der Waals surface area contributed by atoms with Gasteiger partial charge in [-0.05, 0) is 36.5 Å². The third-order valence-electron chi connectivity index (χ3n) is 1.13. The van der Waals surface area contributed by atoms with Crippen LogP contribution in [-0.2, 0) is 0 Å². The lowest BCUT2D eigenvalue weighted by Crippen LogP contribution is -2.18. The lowest BCUT2D eigenvalue weighted by Gasteiger charge is -1.91. The van der Waals surface area contributed by atoms with E-state index in [-0.39, 0.29) is 10.9 Å². The van der Waals surface area contributed by atoms with Crippen molar-refractivity contribution in [2.75, 3.05) is 0 Å². The van der Waals surface area contributed by atoms with Crippen LogP contribution in [0.5, 0.6) is 0 Å². The van der Waals surface area contributed by atoms with Crippen LogP contribution in [0.2, 0.25) is 0 Å². The zero-order chi connectivity index (χ0) is 11.1. The van der Waals surface area contributed by atoms with Crippen molar-refractivity contribution in [3.63, 3.8) is 0 Å². The van der Waals surface area contributed by atoms with E-state index in [4.69, 9.17) is 5.73 Å². The molecule has 1 amide bonds. The molecule has 0 aliphatic rings. The Balaban J connectivity index is 0.000000364. The molecular weight excluding hydrogens is 205 g/mol. The van der Waals surface area contributed by atoms with Gasteiger partial charge < -0.3 is 17.2 Å². The summed E-state index contributed by atoms with van der Waals surface area (Å²) in [6.45, 7) is 0. The number of carbonyl (C=O) groups excluding carboxylic acids is 1. The zero-order valence-electron chi connectivity index (χ0n) is 7.24. The van der Waals surface area contributed by atoms with Crippen molar-refractivity contribution in [2.45, 2.75) is 0 Å². The van der Waals surface area contributed by atoms with E-state index < -0.39 is 5.91 Å². The Morgan fingerprint density at radius 2 is 1.50 bits per heavy atom. The van der Waals surface area contributed by atoms with Crippen LogP contribution in [0.3, 0.4) is 0 Å². The molecule has 0 saturated carbocycles. The quantitative estimate of drug-likeness (QED) is 0.579. The molecule has 0 spiro atoms. The summed E-state index contributed by atoms with van der Waals surface area (Å²) < 4.78 is 12.2. The lowest BCUT2D eigenvalue weighted by atomic mass is 10.2. The molecule has 1 aromatic carbocycles. The van der Waals surface area contributed by atoms with E-state index in [0.29, 0.717) is 5.56 Å². The van der Waals surface area contributed by atoms with Crippen molar-refractivity contribution in [2.24, 2.45) is 17.2 Å². The van der Waals surface area contributed by atoms with Crippen LogP contribution in [0.15, 0.2) is 24.3 Å². The summed E-state index contributed by atoms with van der Waals surface area (Å²) in [5.74, 6) is -0.912. The van der Waals surface area contributed by atoms with Crippen molar-refractivity contribution >= 4 is 23.2 Å². The number of hydrogen-bond donors (Lipinski definition) is 3. The number of benzene rings is 1. The third kappa shape index (κ3) is 5.90. The fourth-order valence-electron chi connectivity index (χ4n) is 0.614. The minimum absolute atomic E-state index is 0.000000000000000222. The van der Waals surface area contributed by atoms with Gasteiger partial charge in [0.25, 0.3) is 0 Å². The molecule has 4 nitrogen and oxygen atoms in total. The van der Waals surface area contributed by atoms with E-state index in [2.05, 4.69) is 23.7 Å². The number of thiocarbonyl (C=S) groups is 1. The Hall–Kier alpha value is -1.69. The van der Waals surface area contributed by atoms with Crippen LogP contribution in [0.4, 0.5) is 4.39 Å². The molecule has 1 rings (SSSR count). The Kier molecular flexibility index (Phi) is 5.16. The molecule has 0 aromatic heterocycles. The van der Waals surface area contributed by atoms with Gasteiger partial charge in [0.05, 0.1) is 0 Å². The van der Waals surface area contributed by atoms with E-state index in [9.17, 15) is 9.18 Å². The molecule has 6 heteroatoms. The normalized spacial score (nSPS) is 8.36. The molecule has 0 fully saturated rings. The fraction of sp³-hybridized carbons (Fsp3) is 0. The number of hydrogen-bond acceptors (Lipinski definition) is 2. The van der Waals surface area contributed by atoms with E-state index >= 15 is 0 Å². The monoisotopic (exact) mass is 215 g/mol. The van der Waals surface area contributed by atoms with Crippen LogP contribution < -0.4 is 17.2 Å². The molecule has 0 unspecified atom stereocenters. The van der Waals surface area contributed by atoms with Gasteiger partial charge in [0.1, 0.15) is 5.82 Å². The van der Waals surface area contributed by atoms with Crippen molar-refractivity contribution < 1.29 is 9.18 Å². The fourth-order valence-corrected chi connectivity index (χ4v) is 0.614. The van der Waals surface area contributed by atoms with E-state index in [0.717, 1.165) is 0 Å². The molecule has 6 N–H and O–H groups in total. The number of rotatable bonds is 1. The number of amides is 1. The second-order valence-corrected chi connectivity index (χ2v) is 2.74. The molecule has 76 valence electrons. The van der Waals surface area contributed by atoms with E-state index in [1.165, 1.54) is 24.3 Å². The zero-order valence-corrected chi connectivity index (χ0v) is 8.05. The standard InChI is InChI=1S/C7H6FNO.CH4N2S/c8-6-3-1-5(2-4-6)7(9)10;2-1(3)4/h1-4H,(H2,9,10);(H4,2,3,4). The van der Waals surface area contributed by atoms with Gasteiger partial charge in [-0.25, -0.2) is 4.39 Å². The number of halogens is 1. The molecule has 0 heterocycles.